The Bertz CT molecular complexity index is 464. The lowest BCUT2D eigenvalue weighted by molar-refractivity contribution is 0.563. The topological polar surface area (TPSA) is 0 Å². The normalized spacial score (nSPS) is 14.5. The molecule has 2 aromatic rings. The molecule has 0 spiro atoms. The fourth-order valence-electron chi connectivity index (χ4n) is 1.85. The zero-order valence-electron chi connectivity index (χ0n) is 9.57. The third-order valence-electron chi connectivity index (χ3n) is 2.77. The van der Waals surface area contributed by atoms with E-state index < -0.39 is 0 Å². The summed E-state index contributed by atoms with van der Waals surface area (Å²) in [6, 6.07) is 14.2. The molecule has 17 heavy (non-hydrogen) atoms. The van der Waals surface area contributed by atoms with Crippen molar-refractivity contribution in [1.82, 2.24) is 0 Å². The van der Waals surface area contributed by atoms with E-state index in [0.717, 1.165) is 10.8 Å². The first-order valence-corrected chi connectivity index (χ1v) is 7.23. The molecule has 3 heteroatoms. The van der Waals surface area contributed by atoms with Crippen molar-refractivity contribution >= 4 is 34.5 Å². The van der Waals surface area contributed by atoms with E-state index in [1.807, 2.05) is 24.3 Å². The fraction of sp³-hybridized carbons (Fsp3) is 0.286. The van der Waals surface area contributed by atoms with Crippen LogP contribution in [0.25, 0.3) is 0 Å². The highest BCUT2D eigenvalue weighted by Gasteiger charge is 2.17. The third kappa shape index (κ3) is 3.48. The molecule has 2 atom stereocenters. The summed E-state index contributed by atoms with van der Waals surface area (Å²) in [5.41, 5.74) is 1.18. The highest BCUT2D eigenvalue weighted by molar-refractivity contribution is 7.16. The SMILES string of the molecule is CC(Cc1ccc(Cl)s1)C(Cl)c1ccccc1. The van der Waals surface area contributed by atoms with Crippen molar-refractivity contribution in [2.45, 2.75) is 18.7 Å². The molecular formula is C14H14Cl2S. The van der Waals surface area contributed by atoms with Gasteiger partial charge in [-0.1, -0.05) is 48.9 Å². The number of benzene rings is 1. The zero-order chi connectivity index (χ0) is 12.3. The number of hydrogen-bond acceptors (Lipinski definition) is 1. The Kier molecular flexibility index (Phi) is 4.49. The summed E-state index contributed by atoms with van der Waals surface area (Å²) in [4.78, 5) is 1.30. The van der Waals surface area contributed by atoms with Crippen LogP contribution in [-0.4, -0.2) is 0 Å². The highest BCUT2D eigenvalue weighted by atomic mass is 35.5. The van der Waals surface area contributed by atoms with Crippen molar-refractivity contribution in [2.75, 3.05) is 0 Å². The number of halogens is 2. The molecule has 0 aliphatic rings. The lowest BCUT2D eigenvalue weighted by atomic mass is 9.97. The predicted octanol–water partition coefficient (Wildman–Crippen LogP) is 5.56. The second-order valence-corrected chi connectivity index (χ2v) is 6.47. The molecule has 1 heterocycles. The van der Waals surface area contributed by atoms with Crippen molar-refractivity contribution < 1.29 is 0 Å². The second-order valence-electron chi connectivity index (χ2n) is 4.20. The van der Waals surface area contributed by atoms with Crippen molar-refractivity contribution in [3.63, 3.8) is 0 Å². The lowest BCUT2D eigenvalue weighted by Crippen LogP contribution is -2.06. The van der Waals surface area contributed by atoms with E-state index in [9.17, 15) is 0 Å². The van der Waals surface area contributed by atoms with Gasteiger partial charge in [0.1, 0.15) is 0 Å². The molecule has 0 aliphatic carbocycles. The Balaban J connectivity index is 2.03. The maximum atomic E-state index is 6.49. The summed E-state index contributed by atoms with van der Waals surface area (Å²) in [6.45, 7) is 2.18. The largest absolute Gasteiger partial charge is 0.128 e. The number of thiophene rings is 1. The highest BCUT2D eigenvalue weighted by Crippen LogP contribution is 2.33. The first-order valence-electron chi connectivity index (χ1n) is 5.60. The average molecular weight is 285 g/mol. The van der Waals surface area contributed by atoms with Gasteiger partial charge >= 0.3 is 0 Å². The van der Waals surface area contributed by atoms with E-state index in [-0.39, 0.29) is 5.38 Å². The van der Waals surface area contributed by atoms with E-state index in [2.05, 4.69) is 25.1 Å². The number of alkyl halides is 1. The molecule has 2 unspecified atom stereocenters. The van der Waals surface area contributed by atoms with Crippen LogP contribution in [0, 0.1) is 5.92 Å². The summed E-state index contributed by atoms with van der Waals surface area (Å²) < 4.78 is 0.845. The van der Waals surface area contributed by atoms with E-state index in [1.165, 1.54) is 10.4 Å². The second kappa shape index (κ2) is 5.90. The first-order chi connectivity index (χ1) is 8.16. The zero-order valence-corrected chi connectivity index (χ0v) is 11.9. The molecule has 0 bridgehead atoms. The van der Waals surface area contributed by atoms with Crippen molar-refractivity contribution in [2.24, 2.45) is 5.92 Å². The lowest BCUT2D eigenvalue weighted by Gasteiger charge is -2.17. The van der Waals surface area contributed by atoms with Crippen LogP contribution in [-0.2, 0) is 6.42 Å². The number of hydrogen-bond donors (Lipinski definition) is 0. The quantitative estimate of drug-likeness (QED) is 0.645. The van der Waals surface area contributed by atoms with E-state index in [4.69, 9.17) is 23.2 Å². The molecule has 1 aromatic carbocycles. The maximum absolute atomic E-state index is 6.49. The van der Waals surface area contributed by atoms with Crippen LogP contribution in [0.2, 0.25) is 4.34 Å². The van der Waals surface area contributed by atoms with Crippen molar-refractivity contribution in [3.05, 3.63) is 57.2 Å². The van der Waals surface area contributed by atoms with E-state index in [1.54, 1.807) is 11.3 Å². The van der Waals surface area contributed by atoms with Crippen LogP contribution < -0.4 is 0 Å². The molecule has 0 saturated carbocycles. The standard InChI is InChI=1S/C14H14Cl2S/c1-10(9-12-7-8-13(15)17-12)14(16)11-5-3-2-4-6-11/h2-8,10,14H,9H2,1H3. The maximum Gasteiger partial charge on any atom is 0.0931 e. The monoisotopic (exact) mass is 284 g/mol. The van der Waals surface area contributed by atoms with E-state index in [0.29, 0.717) is 5.92 Å². The molecule has 0 saturated heterocycles. The molecule has 0 aliphatic heterocycles. The molecule has 0 N–H and O–H groups in total. The van der Waals surface area contributed by atoms with Crippen LogP contribution in [0.5, 0.6) is 0 Å². The van der Waals surface area contributed by atoms with Gasteiger partial charge in [0.25, 0.3) is 0 Å². The Hall–Kier alpha value is -0.500. The molecule has 2 rings (SSSR count). The Morgan fingerprint density at radius 3 is 2.41 bits per heavy atom. The summed E-state index contributed by atoms with van der Waals surface area (Å²) in [6.07, 6.45) is 0.973. The van der Waals surface area contributed by atoms with Crippen LogP contribution >= 0.6 is 34.5 Å². The van der Waals surface area contributed by atoms with Gasteiger partial charge in [0.05, 0.1) is 9.71 Å². The molecule has 0 radical (unpaired) electrons. The molecule has 1 aromatic heterocycles. The molecular weight excluding hydrogens is 271 g/mol. The van der Waals surface area contributed by atoms with Gasteiger partial charge in [0.15, 0.2) is 0 Å². The third-order valence-corrected chi connectivity index (χ3v) is 4.71. The van der Waals surface area contributed by atoms with Gasteiger partial charge in [0.2, 0.25) is 0 Å². The van der Waals surface area contributed by atoms with Crippen LogP contribution in [0.15, 0.2) is 42.5 Å². The minimum atomic E-state index is 0.0528. The average Bonchev–Trinajstić information content (AvgIpc) is 2.75. The van der Waals surface area contributed by atoms with Crippen molar-refractivity contribution in [3.8, 4) is 0 Å². The van der Waals surface area contributed by atoms with E-state index >= 15 is 0 Å². The van der Waals surface area contributed by atoms with Crippen molar-refractivity contribution in [1.29, 1.82) is 0 Å². The fourth-order valence-corrected chi connectivity index (χ4v) is 3.31. The Labute approximate surface area is 116 Å². The van der Waals surface area contributed by atoms with Crippen LogP contribution in [0.4, 0.5) is 0 Å². The van der Waals surface area contributed by atoms with Crippen LogP contribution in [0.3, 0.4) is 0 Å². The molecule has 0 fully saturated rings. The summed E-state index contributed by atoms with van der Waals surface area (Å²) in [5.74, 6) is 0.397. The van der Waals surface area contributed by atoms with Gasteiger partial charge in [-0.05, 0) is 30.0 Å². The molecule has 0 nitrogen and oxygen atoms in total. The minimum Gasteiger partial charge on any atom is -0.128 e. The van der Waals surface area contributed by atoms with Crippen LogP contribution in [0.1, 0.15) is 22.7 Å². The predicted molar refractivity (Wildman–Crippen MR) is 77.2 cm³/mol. The smallest absolute Gasteiger partial charge is 0.0931 e. The summed E-state index contributed by atoms with van der Waals surface area (Å²) >= 11 is 14.0. The molecule has 90 valence electrons. The van der Waals surface area contributed by atoms with Gasteiger partial charge < -0.3 is 0 Å². The summed E-state index contributed by atoms with van der Waals surface area (Å²) in [5, 5.41) is 0.0528. The Morgan fingerprint density at radius 2 is 1.82 bits per heavy atom. The van der Waals surface area contributed by atoms with Gasteiger partial charge in [0, 0.05) is 4.88 Å². The Morgan fingerprint density at radius 1 is 1.12 bits per heavy atom. The summed E-state index contributed by atoms with van der Waals surface area (Å²) in [7, 11) is 0. The van der Waals surface area contributed by atoms with Gasteiger partial charge in [-0.15, -0.1) is 22.9 Å². The number of rotatable bonds is 4. The first kappa shape index (κ1) is 12.9. The van der Waals surface area contributed by atoms with Gasteiger partial charge in [-0.2, -0.15) is 0 Å². The van der Waals surface area contributed by atoms with Gasteiger partial charge in [-0.25, -0.2) is 0 Å². The molecule has 0 amide bonds. The van der Waals surface area contributed by atoms with Gasteiger partial charge in [-0.3, -0.25) is 0 Å². The minimum absolute atomic E-state index is 0.0528.